The number of fused-ring (bicyclic) bond motifs is 2. The number of rotatable bonds is 5. The topological polar surface area (TPSA) is 80.8 Å². The Kier molecular flexibility index (Phi) is 3.94. The predicted octanol–water partition coefficient (Wildman–Crippen LogP) is 2.06. The highest BCUT2D eigenvalue weighted by Crippen LogP contribution is 2.58. The van der Waals surface area contributed by atoms with Gasteiger partial charge in [0.15, 0.2) is 0 Å². The fourth-order valence-electron chi connectivity index (χ4n) is 3.86. The van der Waals surface area contributed by atoms with Crippen LogP contribution in [-0.2, 0) is 24.0 Å². The van der Waals surface area contributed by atoms with Crippen molar-refractivity contribution in [2.45, 2.75) is 49.7 Å². The van der Waals surface area contributed by atoms with Crippen LogP contribution >= 0.6 is 0 Å². The molecular formula is C13H15F4NO5S. The molecule has 2 aliphatic carbocycles. The number of hydrogen-bond donors (Lipinski definition) is 0. The van der Waals surface area contributed by atoms with Gasteiger partial charge in [0.2, 0.25) is 0 Å². The average Bonchev–Trinajstić information content (AvgIpc) is 3.18. The van der Waals surface area contributed by atoms with E-state index in [1.807, 2.05) is 0 Å². The maximum absolute atomic E-state index is 14.3. The van der Waals surface area contributed by atoms with Crippen molar-refractivity contribution in [2.75, 3.05) is 0 Å². The smallest absolute Gasteiger partial charge is 0.272 e. The highest BCUT2D eigenvalue weighted by molar-refractivity contribution is 7.87. The highest BCUT2D eigenvalue weighted by Gasteiger charge is 2.73. The third-order valence-electron chi connectivity index (χ3n) is 5.08. The molecule has 0 radical (unpaired) electrons. The standard InChI is InChI=1S/C13H15F4NO5S/c14-12(15,9-6-7-1-2-8(9)5-7)13(16,17)24(21,22)23-18-10(19)3-4-11(18)20/h7-9H,1-6H2. The number of halogens is 4. The fraction of sp³-hybridized carbons (Fsp3) is 0.846. The van der Waals surface area contributed by atoms with Crippen molar-refractivity contribution in [3.63, 3.8) is 0 Å². The zero-order chi connectivity index (χ0) is 17.9. The summed E-state index contributed by atoms with van der Waals surface area (Å²) >= 11 is 0. The van der Waals surface area contributed by atoms with E-state index in [1.54, 1.807) is 0 Å². The van der Waals surface area contributed by atoms with Gasteiger partial charge in [0.1, 0.15) is 0 Å². The maximum atomic E-state index is 14.3. The molecule has 0 aromatic carbocycles. The second-order valence-corrected chi connectivity index (χ2v) is 8.10. The minimum Gasteiger partial charge on any atom is -0.272 e. The first-order valence-electron chi connectivity index (χ1n) is 7.53. The van der Waals surface area contributed by atoms with Crippen molar-refractivity contribution in [2.24, 2.45) is 17.8 Å². The van der Waals surface area contributed by atoms with Gasteiger partial charge in [0, 0.05) is 18.8 Å². The normalized spacial score (nSPS) is 31.3. The van der Waals surface area contributed by atoms with Crippen molar-refractivity contribution in [3.8, 4) is 0 Å². The van der Waals surface area contributed by atoms with Gasteiger partial charge in [-0.3, -0.25) is 9.59 Å². The SMILES string of the molecule is O=C1CCC(=O)N1OS(=O)(=O)C(F)(F)C(F)(F)C1CC2CCC1C2. The average molecular weight is 373 g/mol. The molecule has 0 aromatic rings. The van der Waals surface area contributed by atoms with E-state index in [9.17, 15) is 35.6 Å². The Balaban J connectivity index is 1.85. The second-order valence-electron chi connectivity index (χ2n) is 6.53. The Labute approximate surface area is 135 Å². The summed E-state index contributed by atoms with van der Waals surface area (Å²) in [5, 5.41) is -5.92. The summed E-state index contributed by atoms with van der Waals surface area (Å²) in [6, 6.07) is 0. The van der Waals surface area contributed by atoms with E-state index in [1.165, 1.54) is 0 Å². The first kappa shape index (κ1) is 17.6. The van der Waals surface area contributed by atoms with Gasteiger partial charge >= 0.3 is 21.3 Å². The number of hydrogen-bond acceptors (Lipinski definition) is 5. The fourth-order valence-corrected chi connectivity index (χ4v) is 4.80. The summed E-state index contributed by atoms with van der Waals surface area (Å²) in [6.45, 7) is 0. The molecule has 3 fully saturated rings. The minimum absolute atomic E-state index is 0.105. The number of carbonyl (C=O) groups excluding carboxylic acids is 2. The van der Waals surface area contributed by atoms with Crippen LogP contribution in [-0.4, -0.2) is 36.5 Å². The number of nitrogens with zero attached hydrogens (tertiary/aromatic N) is 1. The Morgan fingerprint density at radius 2 is 1.58 bits per heavy atom. The van der Waals surface area contributed by atoms with Gasteiger partial charge < -0.3 is 0 Å². The van der Waals surface area contributed by atoms with Crippen molar-refractivity contribution < 1.29 is 39.9 Å². The van der Waals surface area contributed by atoms with Gasteiger partial charge in [-0.05, 0) is 31.1 Å². The summed E-state index contributed by atoms with van der Waals surface area (Å²) in [6.07, 6.45) is 0.365. The van der Waals surface area contributed by atoms with Crippen molar-refractivity contribution >= 4 is 21.9 Å². The van der Waals surface area contributed by atoms with Gasteiger partial charge in [-0.25, -0.2) is 0 Å². The van der Waals surface area contributed by atoms with Gasteiger partial charge in [-0.2, -0.15) is 26.0 Å². The Morgan fingerprint density at radius 3 is 2.04 bits per heavy atom. The number of amides is 2. The number of carbonyl (C=O) groups is 2. The van der Waals surface area contributed by atoms with E-state index in [0.717, 1.165) is 0 Å². The van der Waals surface area contributed by atoms with Crippen LogP contribution in [0, 0.1) is 17.8 Å². The lowest BCUT2D eigenvalue weighted by molar-refractivity contribution is -0.208. The van der Waals surface area contributed by atoms with Crippen LogP contribution in [0.15, 0.2) is 0 Å². The number of hydroxylamine groups is 2. The Morgan fingerprint density at radius 1 is 1.00 bits per heavy atom. The van der Waals surface area contributed by atoms with Crippen molar-refractivity contribution in [1.29, 1.82) is 0 Å². The van der Waals surface area contributed by atoms with Gasteiger partial charge in [0.05, 0.1) is 0 Å². The summed E-state index contributed by atoms with van der Waals surface area (Å²) < 4.78 is 84.2. The molecule has 1 heterocycles. The quantitative estimate of drug-likeness (QED) is 0.544. The molecule has 3 rings (SSSR count). The summed E-state index contributed by atoms with van der Waals surface area (Å²) in [4.78, 5) is 22.6. The van der Waals surface area contributed by atoms with Crippen LogP contribution in [0.25, 0.3) is 0 Å². The van der Waals surface area contributed by atoms with Crippen molar-refractivity contribution in [1.82, 2.24) is 5.06 Å². The molecule has 2 saturated carbocycles. The maximum Gasteiger partial charge on any atom is 0.433 e. The van der Waals surface area contributed by atoms with E-state index in [-0.39, 0.29) is 17.4 Å². The molecule has 6 nitrogen and oxygen atoms in total. The predicted molar refractivity (Wildman–Crippen MR) is 69.9 cm³/mol. The first-order valence-corrected chi connectivity index (χ1v) is 8.93. The molecule has 3 unspecified atom stereocenters. The van der Waals surface area contributed by atoms with E-state index >= 15 is 0 Å². The molecule has 2 bridgehead atoms. The summed E-state index contributed by atoms with van der Waals surface area (Å²) in [5.74, 6) is -9.72. The van der Waals surface area contributed by atoms with Crippen LogP contribution in [0.4, 0.5) is 17.6 Å². The number of alkyl halides is 4. The highest BCUT2D eigenvalue weighted by atomic mass is 32.2. The molecule has 11 heteroatoms. The molecule has 136 valence electrons. The van der Waals surface area contributed by atoms with Crippen LogP contribution in [0.5, 0.6) is 0 Å². The van der Waals surface area contributed by atoms with Crippen LogP contribution in [0.2, 0.25) is 0 Å². The first-order chi connectivity index (χ1) is 11.0. The lowest BCUT2D eigenvalue weighted by Crippen LogP contribution is -2.54. The zero-order valence-corrected chi connectivity index (χ0v) is 13.2. The van der Waals surface area contributed by atoms with Crippen LogP contribution < -0.4 is 0 Å². The zero-order valence-electron chi connectivity index (χ0n) is 12.4. The van der Waals surface area contributed by atoms with E-state index < -0.39 is 57.8 Å². The largest absolute Gasteiger partial charge is 0.433 e. The number of imide groups is 1. The van der Waals surface area contributed by atoms with E-state index in [2.05, 4.69) is 4.28 Å². The second kappa shape index (κ2) is 5.38. The Bertz CT molecular complexity index is 664. The minimum atomic E-state index is -6.22. The summed E-state index contributed by atoms with van der Waals surface area (Å²) in [7, 11) is -6.22. The monoisotopic (exact) mass is 373 g/mol. The van der Waals surface area contributed by atoms with Gasteiger partial charge in [0.25, 0.3) is 11.8 Å². The molecule has 0 N–H and O–H groups in total. The molecule has 1 saturated heterocycles. The third kappa shape index (κ3) is 2.43. The van der Waals surface area contributed by atoms with Crippen LogP contribution in [0.1, 0.15) is 38.5 Å². The third-order valence-corrected chi connectivity index (χ3v) is 6.33. The Hall–Kier alpha value is -1.23. The molecule has 24 heavy (non-hydrogen) atoms. The summed E-state index contributed by atoms with van der Waals surface area (Å²) in [5.41, 5.74) is 0. The van der Waals surface area contributed by atoms with Crippen LogP contribution in [0.3, 0.4) is 0 Å². The molecule has 0 spiro atoms. The van der Waals surface area contributed by atoms with E-state index in [0.29, 0.717) is 19.3 Å². The molecule has 2 amide bonds. The van der Waals surface area contributed by atoms with Gasteiger partial charge in [-0.15, -0.1) is 9.35 Å². The van der Waals surface area contributed by atoms with Gasteiger partial charge in [-0.1, -0.05) is 6.42 Å². The van der Waals surface area contributed by atoms with Crippen molar-refractivity contribution in [3.05, 3.63) is 0 Å². The molecule has 3 aliphatic rings. The molecule has 0 aromatic heterocycles. The lowest BCUT2D eigenvalue weighted by Gasteiger charge is -2.34. The molecule has 3 atom stereocenters. The molecule has 1 aliphatic heterocycles. The molecular weight excluding hydrogens is 358 g/mol. The lowest BCUT2D eigenvalue weighted by atomic mass is 9.84. The van der Waals surface area contributed by atoms with E-state index in [4.69, 9.17) is 0 Å².